The normalized spacial score (nSPS) is 20.5. The van der Waals surface area contributed by atoms with Gasteiger partial charge in [0.1, 0.15) is 23.3 Å². The van der Waals surface area contributed by atoms with Crippen molar-refractivity contribution in [3.63, 3.8) is 0 Å². The van der Waals surface area contributed by atoms with Crippen molar-refractivity contribution in [1.29, 1.82) is 0 Å². The van der Waals surface area contributed by atoms with E-state index in [-0.39, 0.29) is 48.2 Å². The summed E-state index contributed by atoms with van der Waals surface area (Å²) < 4.78 is 59.6. The van der Waals surface area contributed by atoms with E-state index >= 15 is 8.78 Å². The largest absolute Gasteiger partial charge is 0.389 e. The molecule has 0 spiro atoms. The Balaban J connectivity index is 0.877. The summed E-state index contributed by atoms with van der Waals surface area (Å²) in [4.78, 5) is 66.8. The van der Waals surface area contributed by atoms with Crippen LogP contribution in [0.2, 0.25) is 5.02 Å². The van der Waals surface area contributed by atoms with E-state index in [1.807, 2.05) is 17.0 Å². The lowest BCUT2D eigenvalue weighted by molar-refractivity contribution is -0.138. The van der Waals surface area contributed by atoms with E-state index in [1.54, 1.807) is 42.4 Å². The lowest BCUT2D eigenvalue weighted by Gasteiger charge is -2.40. The number of carbonyl (C=O) groups excluding carboxylic acids is 4. The van der Waals surface area contributed by atoms with Crippen LogP contribution in [0.15, 0.2) is 67.1 Å². The minimum absolute atomic E-state index is 0.0756. The monoisotopic (exact) mass is 932 g/mol. The zero-order chi connectivity index (χ0) is 46.2. The Kier molecular flexibility index (Phi) is 12.9. The molecule has 6 heterocycles. The van der Waals surface area contributed by atoms with Gasteiger partial charge in [-0.25, -0.2) is 18.7 Å². The highest BCUT2D eigenvalue weighted by molar-refractivity contribution is 7.90. The Bertz CT molecular complexity index is 2790. The van der Waals surface area contributed by atoms with E-state index in [2.05, 4.69) is 35.6 Å². The molecule has 0 radical (unpaired) electrons. The summed E-state index contributed by atoms with van der Waals surface area (Å²) in [7, 11) is -2.76. The summed E-state index contributed by atoms with van der Waals surface area (Å²) >= 11 is 6.31. The van der Waals surface area contributed by atoms with Gasteiger partial charge in [0, 0.05) is 104 Å². The first-order valence-corrected chi connectivity index (χ1v) is 22.9. The molecule has 65 heavy (non-hydrogen) atoms. The van der Waals surface area contributed by atoms with E-state index in [1.165, 1.54) is 25.4 Å². The zero-order valence-corrected chi connectivity index (χ0v) is 37.0. The molecule has 3 atom stereocenters. The highest BCUT2D eigenvalue weighted by atomic mass is 35.5. The van der Waals surface area contributed by atoms with Gasteiger partial charge in [0.25, 0.3) is 0 Å². The number of benzene rings is 2. The predicted octanol–water partition coefficient (Wildman–Crippen LogP) is 4.51. The summed E-state index contributed by atoms with van der Waals surface area (Å²) in [6.07, 6.45) is 5.48. The molecule has 21 heteroatoms. The third-order valence-electron chi connectivity index (χ3n) is 12.2. The van der Waals surface area contributed by atoms with Crippen LogP contribution in [0.4, 0.5) is 26.0 Å². The van der Waals surface area contributed by atoms with Crippen LogP contribution in [0.25, 0.3) is 22.2 Å². The van der Waals surface area contributed by atoms with E-state index < -0.39 is 62.5 Å². The molecule has 0 saturated carbocycles. The molecule has 5 aromatic rings. The Morgan fingerprint density at radius 2 is 1.80 bits per heavy atom. The zero-order valence-electron chi connectivity index (χ0n) is 35.5. The van der Waals surface area contributed by atoms with E-state index in [0.29, 0.717) is 84.8 Å². The number of anilines is 3. The summed E-state index contributed by atoms with van der Waals surface area (Å²) in [6.45, 7) is 3.91. The SMILES string of the molecule is CCN(C)S(=O)(=O)Nc1ccc(Cl)c(C(=O)c2c[nH]c3ncc(-c4ccc(N5CCN(C(=O)CC6(O)CCNC(c7ccc(NC8CCC(=O)NC8=O)cc7F)C6)CC5)nc4)cc23)c1F. The smallest absolute Gasteiger partial charge is 0.301 e. The maximum absolute atomic E-state index is 15.8. The predicted molar refractivity (Wildman–Crippen MR) is 240 cm³/mol. The van der Waals surface area contributed by atoms with Crippen molar-refractivity contribution < 1.29 is 41.5 Å². The minimum atomic E-state index is -4.09. The van der Waals surface area contributed by atoms with Crippen LogP contribution in [0.3, 0.4) is 0 Å². The van der Waals surface area contributed by atoms with Crippen molar-refractivity contribution in [3.8, 4) is 11.1 Å². The lowest BCUT2D eigenvalue weighted by atomic mass is 9.82. The summed E-state index contributed by atoms with van der Waals surface area (Å²) in [5.41, 5.74) is 0.190. The van der Waals surface area contributed by atoms with Crippen LogP contribution in [0, 0.1) is 11.6 Å². The average Bonchev–Trinajstić information content (AvgIpc) is 3.71. The molecular weight excluding hydrogens is 886 g/mol. The van der Waals surface area contributed by atoms with E-state index in [0.717, 1.165) is 10.4 Å². The fraction of sp³-hybridized carbons (Fsp3) is 0.364. The lowest BCUT2D eigenvalue weighted by Crippen LogP contribution is -2.52. The number of amides is 3. The van der Waals surface area contributed by atoms with Crippen molar-refractivity contribution in [2.24, 2.45) is 0 Å². The number of hydrogen-bond acceptors (Lipinski definition) is 12. The van der Waals surface area contributed by atoms with Gasteiger partial charge in [0.05, 0.1) is 28.3 Å². The van der Waals surface area contributed by atoms with Crippen molar-refractivity contribution >= 4 is 73.5 Å². The summed E-state index contributed by atoms with van der Waals surface area (Å²) in [6, 6.07) is 11.1. The number of aromatic amines is 1. The quantitative estimate of drug-likeness (QED) is 0.0710. The standard InChI is InChI=1S/C44H47ClF2N10O7S/c1-3-55(2)65(63,64)54-33-8-7-31(45)39(40(33)47)41(60)30-24-51-42-29(30)18-26(23-50-42)25-4-10-36(49-22-25)56-14-16-57(17-15-56)38(59)21-44(62)12-13-48-35(20-44)28-6-5-27(19-32(28)46)52-34-9-11-37(58)53-43(34)61/h4-8,10,18-19,22-24,34-35,48,52,54,62H,3,9,11-17,20-21H2,1-2H3,(H,50,51)(H,53,58,61). The van der Waals surface area contributed by atoms with Crippen LogP contribution in [-0.2, 0) is 24.6 Å². The first-order chi connectivity index (χ1) is 31.0. The van der Waals surface area contributed by atoms with Crippen LogP contribution < -0.4 is 25.6 Å². The number of nitrogens with zero attached hydrogens (tertiary/aromatic N) is 5. The molecule has 6 N–H and O–H groups in total. The van der Waals surface area contributed by atoms with Gasteiger partial charge in [-0.15, -0.1) is 0 Å². The number of ketones is 1. The number of halogens is 3. The molecule has 2 aromatic carbocycles. The number of nitrogens with one attached hydrogen (secondary N) is 5. The number of aliphatic hydroxyl groups is 1. The summed E-state index contributed by atoms with van der Waals surface area (Å²) in [5.74, 6) is -2.74. The van der Waals surface area contributed by atoms with Gasteiger partial charge in [0.2, 0.25) is 17.7 Å². The molecule has 3 saturated heterocycles. The Morgan fingerprint density at radius 1 is 1.03 bits per heavy atom. The average molecular weight is 933 g/mol. The number of rotatable bonds is 13. The van der Waals surface area contributed by atoms with Gasteiger partial charge in [-0.05, 0) is 68.3 Å². The number of carbonyl (C=O) groups is 4. The third-order valence-corrected chi connectivity index (χ3v) is 14.1. The van der Waals surface area contributed by atoms with E-state index in [9.17, 15) is 32.7 Å². The Labute approximate surface area is 378 Å². The second kappa shape index (κ2) is 18.4. The van der Waals surface area contributed by atoms with Gasteiger partial charge >= 0.3 is 10.2 Å². The molecule has 3 aliphatic heterocycles. The number of aromatic nitrogens is 3. The maximum atomic E-state index is 15.8. The van der Waals surface area contributed by atoms with Gasteiger partial charge in [-0.1, -0.05) is 24.6 Å². The fourth-order valence-electron chi connectivity index (χ4n) is 8.38. The summed E-state index contributed by atoms with van der Waals surface area (Å²) in [5, 5.41) is 20.3. The molecule has 3 fully saturated rings. The minimum Gasteiger partial charge on any atom is -0.389 e. The van der Waals surface area contributed by atoms with Crippen molar-refractivity contribution in [2.45, 2.75) is 56.7 Å². The number of imide groups is 1. The van der Waals surface area contributed by atoms with E-state index in [4.69, 9.17) is 11.6 Å². The Hall–Kier alpha value is -6.06. The molecule has 3 unspecified atom stereocenters. The highest BCUT2D eigenvalue weighted by Crippen LogP contribution is 2.36. The number of pyridine rings is 2. The second-order valence-corrected chi connectivity index (χ2v) is 18.7. The number of piperazine rings is 1. The maximum Gasteiger partial charge on any atom is 0.301 e. The third kappa shape index (κ3) is 9.67. The van der Waals surface area contributed by atoms with Gasteiger partial charge in [0.15, 0.2) is 11.6 Å². The van der Waals surface area contributed by atoms with Gasteiger partial charge < -0.3 is 30.5 Å². The first kappa shape index (κ1) is 45.5. The number of piperidine rings is 2. The van der Waals surface area contributed by atoms with Crippen molar-refractivity contribution in [1.82, 2.24) is 34.8 Å². The number of fused-ring (bicyclic) bond motifs is 1. The van der Waals surface area contributed by atoms with Crippen LogP contribution in [-0.4, -0.2) is 119 Å². The van der Waals surface area contributed by atoms with Crippen molar-refractivity contribution in [2.75, 3.05) is 61.3 Å². The van der Waals surface area contributed by atoms with Gasteiger partial charge in [-0.3, -0.25) is 29.2 Å². The molecule has 3 aliphatic rings. The number of hydrogen-bond donors (Lipinski definition) is 6. The molecule has 17 nitrogen and oxygen atoms in total. The van der Waals surface area contributed by atoms with Gasteiger partial charge in [-0.2, -0.15) is 12.7 Å². The van der Waals surface area contributed by atoms with Crippen LogP contribution in [0.1, 0.15) is 66.6 Å². The van der Waals surface area contributed by atoms with Crippen LogP contribution >= 0.6 is 11.6 Å². The molecule has 3 amide bonds. The molecule has 8 rings (SSSR count). The Morgan fingerprint density at radius 3 is 2.51 bits per heavy atom. The molecule has 342 valence electrons. The first-order valence-electron chi connectivity index (χ1n) is 21.1. The van der Waals surface area contributed by atoms with Crippen LogP contribution in [0.5, 0.6) is 0 Å². The highest BCUT2D eigenvalue weighted by Gasteiger charge is 2.39. The fourth-order valence-corrected chi connectivity index (χ4v) is 9.54. The topological polar surface area (TPSA) is 222 Å². The molecule has 3 aromatic heterocycles. The molecule has 0 aliphatic carbocycles. The number of H-pyrrole nitrogens is 1. The molecule has 0 bridgehead atoms. The second-order valence-electron chi connectivity index (χ2n) is 16.5. The van der Waals surface area contributed by atoms with Crippen molar-refractivity contribution in [3.05, 3.63) is 100 Å². The molecular formula is C44H47ClF2N10O7S.